The van der Waals surface area contributed by atoms with Crippen molar-refractivity contribution in [3.63, 3.8) is 0 Å². The van der Waals surface area contributed by atoms with Gasteiger partial charge < -0.3 is 10.6 Å². The van der Waals surface area contributed by atoms with E-state index >= 15 is 0 Å². The number of benzene rings is 2. The summed E-state index contributed by atoms with van der Waals surface area (Å²) in [5.41, 5.74) is 1.76. The molecule has 1 heterocycles. The second-order valence-electron chi connectivity index (χ2n) is 5.43. The maximum Gasteiger partial charge on any atom is 0.249 e. The largest absolute Gasteiger partial charge is 0.301 e. The zero-order valence-corrected chi connectivity index (χ0v) is 14.2. The van der Waals surface area contributed by atoms with E-state index in [0.29, 0.717) is 0 Å². The number of rotatable bonds is 6. The molecule has 2 N–H and O–H groups in total. The van der Waals surface area contributed by atoms with Gasteiger partial charge in [-0.25, -0.2) is 4.63 Å². The number of carbonyl (C=O) groups excluding carboxylic acids is 2. The first kappa shape index (κ1) is 17.8. The first-order chi connectivity index (χ1) is 13.2. The molecule has 0 bridgehead atoms. The van der Waals surface area contributed by atoms with Crippen LogP contribution < -0.4 is 10.6 Å². The molecule has 0 aliphatic rings. The normalized spacial score (nSPS) is 11.0. The van der Waals surface area contributed by atoms with Gasteiger partial charge in [0.1, 0.15) is 0 Å². The number of hydrogen-bond donors (Lipinski definition) is 2. The summed E-state index contributed by atoms with van der Waals surface area (Å²) in [6.07, 6.45) is 6.02. The third kappa shape index (κ3) is 5.50. The molecule has 0 spiro atoms. The van der Waals surface area contributed by atoms with E-state index in [-0.39, 0.29) is 11.6 Å². The molecule has 0 fully saturated rings. The lowest BCUT2D eigenvalue weighted by atomic mass is 10.2. The van der Waals surface area contributed by atoms with E-state index in [2.05, 4.69) is 25.6 Å². The summed E-state index contributed by atoms with van der Waals surface area (Å²) in [4.78, 5) is 24.0. The first-order valence-electron chi connectivity index (χ1n) is 8.11. The van der Waals surface area contributed by atoms with Crippen molar-refractivity contribution in [1.29, 1.82) is 0 Å². The van der Waals surface area contributed by atoms with Gasteiger partial charge in [0, 0.05) is 12.2 Å². The van der Waals surface area contributed by atoms with Gasteiger partial charge in [0.25, 0.3) is 0 Å². The highest BCUT2D eigenvalue weighted by molar-refractivity contribution is 6.06. The fraction of sp³-hybridized carbons (Fsp3) is 0. The number of anilines is 2. The maximum atomic E-state index is 12.0. The van der Waals surface area contributed by atoms with Crippen molar-refractivity contribution in [3.8, 4) is 0 Å². The molecule has 134 valence electrons. The van der Waals surface area contributed by atoms with E-state index < -0.39 is 11.8 Å². The van der Waals surface area contributed by atoms with Crippen LogP contribution in [-0.4, -0.2) is 22.1 Å². The van der Waals surface area contributed by atoms with Crippen molar-refractivity contribution >= 4 is 35.6 Å². The van der Waals surface area contributed by atoms with Gasteiger partial charge >= 0.3 is 0 Å². The molecule has 2 amide bonds. The highest BCUT2D eigenvalue weighted by Crippen LogP contribution is 2.16. The molecule has 0 aliphatic heterocycles. The topological polar surface area (TPSA) is 97.1 Å². The highest BCUT2D eigenvalue weighted by atomic mass is 16.6. The van der Waals surface area contributed by atoms with Gasteiger partial charge in [0.15, 0.2) is 0 Å². The molecule has 0 radical (unpaired) electrons. The summed E-state index contributed by atoms with van der Waals surface area (Å²) in [7, 11) is 0. The Hall–Kier alpha value is -4.00. The van der Waals surface area contributed by atoms with Gasteiger partial charge in [-0.1, -0.05) is 60.7 Å². The fourth-order valence-corrected chi connectivity index (χ4v) is 2.14. The molecule has 0 aliphatic carbocycles. The standard InChI is InChI=1S/C20H16N4O3/c25-17(13-11-15-7-3-1-4-8-15)21-19-20(24-27-23-19)22-18(26)14-12-16-9-5-2-6-10-16/h1-14H,(H,21,23,25)(H,22,24,26)/b13-11+,14-12+. The molecule has 0 saturated carbocycles. The SMILES string of the molecule is O=C(/C=C/c1ccccc1)Nc1nonc1NC(=O)/C=C/c1ccccc1. The van der Waals surface area contributed by atoms with Crippen LogP contribution in [0.4, 0.5) is 11.6 Å². The maximum absolute atomic E-state index is 12.0. The van der Waals surface area contributed by atoms with Crippen molar-refractivity contribution in [1.82, 2.24) is 10.3 Å². The molecule has 2 aromatic carbocycles. The summed E-state index contributed by atoms with van der Waals surface area (Å²) >= 11 is 0. The van der Waals surface area contributed by atoms with Crippen LogP contribution in [0.25, 0.3) is 12.2 Å². The Morgan fingerprint density at radius 2 is 1.11 bits per heavy atom. The summed E-state index contributed by atoms with van der Waals surface area (Å²) in [6, 6.07) is 18.7. The first-order valence-corrected chi connectivity index (χ1v) is 8.11. The lowest BCUT2D eigenvalue weighted by Gasteiger charge is -2.00. The average molecular weight is 360 g/mol. The molecule has 1 aromatic heterocycles. The minimum atomic E-state index is -0.426. The van der Waals surface area contributed by atoms with Crippen molar-refractivity contribution in [2.75, 3.05) is 10.6 Å². The van der Waals surface area contributed by atoms with E-state index in [1.165, 1.54) is 12.2 Å². The Morgan fingerprint density at radius 1 is 0.704 bits per heavy atom. The quantitative estimate of drug-likeness (QED) is 0.657. The molecular formula is C20H16N4O3. The van der Waals surface area contributed by atoms with E-state index in [1.807, 2.05) is 60.7 Å². The van der Waals surface area contributed by atoms with E-state index in [9.17, 15) is 9.59 Å². The zero-order chi connectivity index (χ0) is 18.9. The number of nitrogens with one attached hydrogen (secondary N) is 2. The number of nitrogens with zero attached hydrogens (tertiary/aromatic N) is 2. The van der Waals surface area contributed by atoms with E-state index in [0.717, 1.165) is 11.1 Å². The van der Waals surface area contributed by atoms with Crippen LogP contribution in [0.15, 0.2) is 77.4 Å². The summed E-state index contributed by atoms with van der Waals surface area (Å²) in [5.74, 6) is -0.798. The van der Waals surface area contributed by atoms with Gasteiger partial charge in [-0.15, -0.1) is 0 Å². The molecule has 0 unspecified atom stereocenters. The smallest absolute Gasteiger partial charge is 0.249 e. The molecule has 7 nitrogen and oxygen atoms in total. The summed E-state index contributed by atoms with van der Waals surface area (Å²) < 4.78 is 4.60. The Labute approximate surface area is 155 Å². The van der Waals surface area contributed by atoms with Gasteiger partial charge in [-0.3, -0.25) is 9.59 Å². The number of aromatic nitrogens is 2. The molecule has 3 aromatic rings. The van der Waals surface area contributed by atoms with Gasteiger partial charge in [-0.05, 0) is 33.6 Å². The van der Waals surface area contributed by atoms with Crippen LogP contribution in [0.3, 0.4) is 0 Å². The average Bonchev–Trinajstić information content (AvgIpc) is 3.13. The van der Waals surface area contributed by atoms with Crippen molar-refractivity contribution in [2.24, 2.45) is 0 Å². The second-order valence-corrected chi connectivity index (χ2v) is 5.43. The van der Waals surface area contributed by atoms with Crippen LogP contribution in [0, 0.1) is 0 Å². The summed E-state index contributed by atoms with van der Waals surface area (Å²) in [5, 5.41) is 12.2. The summed E-state index contributed by atoms with van der Waals surface area (Å²) in [6.45, 7) is 0. The predicted molar refractivity (Wildman–Crippen MR) is 103 cm³/mol. The van der Waals surface area contributed by atoms with Gasteiger partial charge in [0.05, 0.1) is 0 Å². The molecule has 27 heavy (non-hydrogen) atoms. The lowest BCUT2D eigenvalue weighted by molar-refractivity contribution is -0.112. The third-order valence-electron chi connectivity index (χ3n) is 3.43. The zero-order valence-electron chi connectivity index (χ0n) is 14.2. The number of hydrogen-bond acceptors (Lipinski definition) is 5. The Balaban J connectivity index is 1.58. The fourth-order valence-electron chi connectivity index (χ4n) is 2.14. The molecule has 0 atom stereocenters. The Bertz CT molecular complexity index is 885. The lowest BCUT2D eigenvalue weighted by Crippen LogP contribution is -2.13. The van der Waals surface area contributed by atoms with Crippen LogP contribution in [0.2, 0.25) is 0 Å². The van der Waals surface area contributed by atoms with Crippen LogP contribution in [-0.2, 0) is 9.59 Å². The molecule has 7 heteroatoms. The van der Waals surface area contributed by atoms with Crippen molar-refractivity contribution in [3.05, 3.63) is 83.9 Å². The van der Waals surface area contributed by atoms with Gasteiger partial charge in [-0.2, -0.15) is 0 Å². The van der Waals surface area contributed by atoms with Crippen LogP contribution in [0.1, 0.15) is 11.1 Å². The minimum Gasteiger partial charge on any atom is -0.301 e. The van der Waals surface area contributed by atoms with Crippen molar-refractivity contribution in [2.45, 2.75) is 0 Å². The van der Waals surface area contributed by atoms with Crippen molar-refractivity contribution < 1.29 is 14.2 Å². The minimum absolute atomic E-state index is 0.0270. The molecule has 0 saturated heterocycles. The molecule has 3 rings (SSSR count). The Morgan fingerprint density at radius 3 is 1.52 bits per heavy atom. The number of amides is 2. The Kier molecular flexibility index (Phi) is 5.88. The predicted octanol–water partition coefficient (Wildman–Crippen LogP) is 3.37. The van der Waals surface area contributed by atoms with Crippen LogP contribution in [0.5, 0.6) is 0 Å². The van der Waals surface area contributed by atoms with E-state index in [4.69, 9.17) is 0 Å². The molecular weight excluding hydrogens is 344 g/mol. The number of carbonyl (C=O) groups is 2. The second kappa shape index (κ2) is 8.91. The van der Waals surface area contributed by atoms with Crippen LogP contribution >= 0.6 is 0 Å². The van der Waals surface area contributed by atoms with E-state index in [1.54, 1.807) is 12.2 Å². The third-order valence-corrected chi connectivity index (χ3v) is 3.43. The van der Waals surface area contributed by atoms with Gasteiger partial charge in [0.2, 0.25) is 23.5 Å². The monoisotopic (exact) mass is 360 g/mol. The highest BCUT2D eigenvalue weighted by Gasteiger charge is 2.13.